The summed E-state index contributed by atoms with van der Waals surface area (Å²) in [5.41, 5.74) is -0.828. The van der Waals surface area contributed by atoms with Crippen molar-refractivity contribution in [3.8, 4) is 0 Å². The van der Waals surface area contributed by atoms with Crippen LogP contribution in [0.5, 0.6) is 0 Å². The molecule has 1 aliphatic heterocycles. The van der Waals surface area contributed by atoms with Gasteiger partial charge in [-0.2, -0.15) is 0 Å². The van der Waals surface area contributed by atoms with Crippen LogP contribution in [0.15, 0.2) is 0 Å². The van der Waals surface area contributed by atoms with Gasteiger partial charge in [0.1, 0.15) is 0 Å². The lowest BCUT2D eigenvalue weighted by molar-refractivity contribution is -0.150. The summed E-state index contributed by atoms with van der Waals surface area (Å²) in [4.78, 5) is 14.7. The number of likely N-dealkylation sites (tertiary alicyclic amines) is 1. The van der Waals surface area contributed by atoms with E-state index in [2.05, 4.69) is 6.92 Å². The van der Waals surface area contributed by atoms with Crippen molar-refractivity contribution >= 4 is 5.91 Å². The Morgan fingerprint density at radius 3 is 2.55 bits per heavy atom. The smallest absolute Gasteiger partial charge is 0.228 e. The first-order valence-electron chi connectivity index (χ1n) is 7.92. The minimum Gasteiger partial charge on any atom is -0.389 e. The maximum absolute atomic E-state index is 12.7. The fourth-order valence-corrected chi connectivity index (χ4v) is 3.75. The van der Waals surface area contributed by atoms with Gasteiger partial charge < -0.3 is 14.7 Å². The number of hydrogen-bond acceptors (Lipinski definition) is 3. The first-order valence-corrected chi connectivity index (χ1v) is 7.92. The lowest BCUT2D eigenvalue weighted by Crippen LogP contribution is -2.55. The van der Waals surface area contributed by atoms with Crippen molar-refractivity contribution in [1.29, 1.82) is 0 Å². The normalized spacial score (nSPS) is 33.4. The van der Waals surface area contributed by atoms with Crippen LogP contribution in [0.1, 0.15) is 52.4 Å². The third-order valence-electron chi connectivity index (χ3n) is 5.48. The highest BCUT2D eigenvalue weighted by molar-refractivity contribution is 5.82. The van der Waals surface area contributed by atoms with Crippen molar-refractivity contribution in [3.05, 3.63) is 0 Å². The Bertz CT molecular complexity index is 352. The standard InChI is InChI=1S/C16H29NO3/c1-13-12-17(10-8-16(13,19)9-11-20-3)14(18)15(2)6-4-5-7-15/h13,19H,4-12H2,1-3H3/t13-,16-/m1/s1. The molecule has 4 heteroatoms. The summed E-state index contributed by atoms with van der Waals surface area (Å²) < 4.78 is 5.09. The molecule has 1 amide bonds. The van der Waals surface area contributed by atoms with E-state index in [-0.39, 0.29) is 11.3 Å². The fraction of sp³-hybridized carbons (Fsp3) is 0.938. The molecule has 1 N–H and O–H groups in total. The molecule has 2 atom stereocenters. The van der Waals surface area contributed by atoms with Crippen LogP contribution in [0.25, 0.3) is 0 Å². The van der Waals surface area contributed by atoms with Crippen LogP contribution in [0.2, 0.25) is 0 Å². The number of piperidine rings is 1. The molecule has 0 unspecified atom stereocenters. The Labute approximate surface area is 122 Å². The number of carbonyl (C=O) groups excluding carboxylic acids is 1. The minimum atomic E-state index is -0.677. The summed E-state index contributed by atoms with van der Waals surface area (Å²) in [5, 5.41) is 10.7. The number of nitrogens with zero attached hydrogens (tertiary/aromatic N) is 1. The minimum absolute atomic E-state index is 0.111. The Balaban J connectivity index is 1.96. The van der Waals surface area contributed by atoms with Crippen LogP contribution in [0, 0.1) is 11.3 Å². The average molecular weight is 283 g/mol. The van der Waals surface area contributed by atoms with E-state index in [1.165, 1.54) is 12.8 Å². The molecule has 2 aliphatic rings. The second-order valence-corrected chi connectivity index (χ2v) is 7.02. The van der Waals surface area contributed by atoms with E-state index in [0.717, 1.165) is 12.8 Å². The molecule has 1 aliphatic carbocycles. The van der Waals surface area contributed by atoms with Gasteiger partial charge in [0.05, 0.1) is 5.60 Å². The second-order valence-electron chi connectivity index (χ2n) is 7.02. The van der Waals surface area contributed by atoms with E-state index in [1.54, 1.807) is 7.11 Å². The highest BCUT2D eigenvalue weighted by Crippen LogP contribution is 2.41. The highest BCUT2D eigenvalue weighted by atomic mass is 16.5. The largest absolute Gasteiger partial charge is 0.389 e. The first-order chi connectivity index (χ1) is 9.41. The van der Waals surface area contributed by atoms with Gasteiger partial charge in [-0.1, -0.05) is 26.7 Å². The van der Waals surface area contributed by atoms with Crippen LogP contribution in [0.4, 0.5) is 0 Å². The van der Waals surface area contributed by atoms with Crippen molar-refractivity contribution in [2.45, 2.75) is 58.0 Å². The summed E-state index contributed by atoms with van der Waals surface area (Å²) in [7, 11) is 1.66. The Morgan fingerprint density at radius 2 is 2.00 bits per heavy atom. The molecule has 2 fully saturated rings. The Hall–Kier alpha value is -0.610. The zero-order valence-electron chi connectivity index (χ0n) is 13.2. The predicted octanol–water partition coefficient (Wildman–Crippen LogP) is 2.20. The van der Waals surface area contributed by atoms with Crippen molar-refractivity contribution in [2.75, 3.05) is 26.8 Å². The Kier molecular flexibility index (Phi) is 4.75. The Morgan fingerprint density at radius 1 is 1.35 bits per heavy atom. The highest BCUT2D eigenvalue weighted by Gasteiger charge is 2.44. The molecule has 116 valence electrons. The molecule has 0 aromatic heterocycles. The van der Waals surface area contributed by atoms with Gasteiger partial charge in [0, 0.05) is 38.1 Å². The number of aliphatic hydroxyl groups is 1. The van der Waals surface area contributed by atoms with Crippen molar-refractivity contribution in [1.82, 2.24) is 4.90 Å². The number of amides is 1. The van der Waals surface area contributed by atoms with E-state index in [1.807, 2.05) is 11.8 Å². The van der Waals surface area contributed by atoms with Gasteiger partial charge in [-0.15, -0.1) is 0 Å². The molecule has 1 saturated carbocycles. The molecular weight excluding hydrogens is 254 g/mol. The summed E-state index contributed by atoms with van der Waals surface area (Å²) in [6, 6.07) is 0. The van der Waals surface area contributed by atoms with E-state index in [4.69, 9.17) is 4.74 Å². The quantitative estimate of drug-likeness (QED) is 0.860. The maximum Gasteiger partial charge on any atom is 0.228 e. The molecule has 4 nitrogen and oxygen atoms in total. The van der Waals surface area contributed by atoms with Gasteiger partial charge in [-0.05, 0) is 25.7 Å². The third-order valence-corrected chi connectivity index (χ3v) is 5.48. The topological polar surface area (TPSA) is 49.8 Å². The summed E-state index contributed by atoms with van der Waals surface area (Å²) in [6.07, 6.45) is 5.70. The van der Waals surface area contributed by atoms with Crippen molar-refractivity contribution < 1.29 is 14.6 Å². The van der Waals surface area contributed by atoms with Gasteiger partial charge in [0.25, 0.3) is 0 Å². The van der Waals surface area contributed by atoms with Gasteiger partial charge in [-0.3, -0.25) is 4.79 Å². The summed E-state index contributed by atoms with van der Waals surface area (Å²) in [5.74, 6) is 0.413. The predicted molar refractivity (Wildman–Crippen MR) is 78.4 cm³/mol. The van der Waals surface area contributed by atoms with E-state index in [9.17, 15) is 9.90 Å². The number of hydrogen-bond donors (Lipinski definition) is 1. The summed E-state index contributed by atoms with van der Waals surface area (Å²) >= 11 is 0. The van der Waals surface area contributed by atoms with Gasteiger partial charge >= 0.3 is 0 Å². The van der Waals surface area contributed by atoms with Crippen molar-refractivity contribution in [3.63, 3.8) is 0 Å². The van der Waals surface area contributed by atoms with Gasteiger partial charge in [0.15, 0.2) is 0 Å². The molecule has 2 rings (SSSR count). The molecule has 20 heavy (non-hydrogen) atoms. The molecule has 1 heterocycles. The number of ether oxygens (including phenoxy) is 1. The lowest BCUT2D eigenvalue weighted by atomic mass is 9.78. The SMILES string of the molecule is COCC[C@]1(O)CCN(C(=O)C2(C)CCCC2)C[C@H]1C. The molecule has 0 bridgehead atoms. The molecular formula is C16H29NO3. The number of methoxy groups -OCH3 is 1. The van der Waals surface area contributed by atoms with Crippen LogP contribution in [-0.2, 0) is 9.53 Å². The molecule has 1 saturated heterocycles. The molecule has 0 aromatic rings. The van der Waals surface area contributed by atoms with Crippen LogP contribution >= 0.6 is 0 Å². The molecule has 0 aromatic carbocycles. The van der Waals surface area contributed by atoms with Crippen molar-refractivity contribution in [2.24, 2.45) is 11.3 Å². The van der Waals surface area contributed by atoms with Gasteiger partial charge in [0.2, 0.25) is 5.91 Å². The molecule has 0 radical (unpaired) electrons. The first kappa shape index (κ1) is 15.8. The average Bonchev–Trinajstić information content (AvgIpc) is 2.87. The zero-order valence-corrected chi connectivity index (χ0v) is 13.2. The fourth-order valence-electron chi connectivity index (χ4n) is 3.75. The van der Waals surface area contributed by atoms with Crippen LogP contribution in [-0.4, -0.2) is 48.3 Å². The van der Waals surface area contributed by atoms with Crippen LogP contribution in [0.3, 0.4) is 0 Å². The number of carbonyl (C=O) groups is 1. The number of rotatable bonds is 4. The van der Waals surface area contributed by atoms with Crippen LogP contribution < -0.4 is 0 Å². The molecule has 0 spiro atoms. The van der Waals surface area contributed by atoms with Gasteiger partial charge in [-0.25, -0.2) is 0 Å². The van der Waals surface area contributed by atoms with E-state index in [0.29, 0.717) is 38.4 Å². The van der Waals surface area contributed by atoms with E-state index < -0.39 is 5.60 Å². The zero-order chi connectivity index (χ0) is 14.8. The maximum atomic E-state index is 12.7. The lowest BCUT2D eigenvalue weighted by Gasteiger charge is -2.45. The van der Waals surface area contributed by atoms with E-state index >= 15 is 0 Å². The third kappa shape index (κ3) is 3.01. The monoisotopic (exact) mass is 283 g/mol. The second kappa shape index (κ2) is 6.02. The summed E-state index contributed by atoms with van der Waals surface area (Å²) in [6.45, 7) is 6.09.